The lowest BCUT2D eigenvalue weighted by Crippen LogP contribution is -2.25. The largest absolute Gasteiger partial charge is 0.398 e. The Morgan fingerprint density at radius 1 is 1.21 bits per heavy atom. The molecular formula is C13H17N5O. The van der Waals surface area contributed by atoms with Gasteiger partial charge >= 0.3 is 0 Å². The van der Waals surface area contributed by atoms with Gasteiger partial charge < -0.3 is 11.5 Å². The van der Waals surface area contributed by atoms with Crippen LogP contribution in [0.25, 0.3) is 0 Å². The Balaban J connectivity index is 2.24. The number of hydrogen-bond donors (Lipinski definition) is 3. The van der Waals surface area contributed by atoms with Crippen LogP contribution in [0.4, 0.5) is 17.1 Å². The van der Waals surface area contributed by atoms with E-state index in [1.165, 1.54) is 6.20 Å². The SMILES string of the molecule is CC1=CC(N=Nc2cc(C)c(N)cc2N)N(O)C=C1. The minimum atomic E-state index is -0.540. The fraction of sp³-hybridized carbons (Fsp3) is 0.231. The Bertz CT molecular complexity index is 577. The second-order valence-electron chi connectivity index (χ2n) is 4.50. The van der Waals surface area contributed by atoms with Crippen LogP contribution >= 0.6 is 0 Å². The van der Waals surface area contributed by atoms with Gasteiger partial charge in [-0.25, -0.2) is 5.06 Å². The lowest BCUT2D eigenvalue weighted by Gasteiger charge is -2.20. The molecule has 0 saturated heterocycles. The van der Waals surface area contributed by atoms with E-state index in [4.69, 9.17) is 11.5 Å². The fourth-order valence-electron chi connectivity index (χ4n) is 1.67. The molecule has 1 aliphatic heterocycles. The molecule has 0 fully saturated rings. The smallest absolute Gasteiger partial charge is 0.184 e. The molecule has 6 heteroatoms. The predicted octanol–water partition coefficient (Wildman–Crippen LogP) is 2.73. The molecule has 0 aromatic heterocycles. The second-order valence-corrected chi connectivity index (χ2v) is 4.50. The van der Waals surface area contributed by atoms with Crippen LogP contribution in [0.5, 0.6) is 0 Å². The molecule has 0 radical (unpaired) electrons. The molecule has 2 rings (SSSR count). The number of nitrogens with two attached hydrogens (primary N) is 2. The van der Waals surface area contributed by atoms with E-state index >= 15 is 0 Å². The van der Waals surface area contributed by atoms with Crippen molar-refractivity contribution in [2.45, 2.75) is 20.0 Å². The van der Waals surface area contributed by atoms with E-state index in [9.17, 15) is 5.21 Å². The van der Waals surface area contributed by atoms with E-state index in [1.807, 2.05) is 13.8 Å². The van der Waals surface area contributed by atoms with Crippen molar-refractivity contribution in [3.05, 3.63) is 41.6 Å². The van der Waals surface area contributed by atoms with Crippen molar-refractivity contribution in [2.24, 2.45) is 10.2 Å². The molecule has 1 aromatic carbocycles. The molecule has 0 amide bonds. The maximum absolute atomic E-state index is 9.63. The van der Waals surface area contributed by atoms with Gasteiger partial charge in [0.05, 0.1) is 5.69 Å². The number of allylic oxidation sites excluding steroid dienone is 2. The summed E-state index contributed by atoms with van der Waals surface area (Å²) in [6, 6.07) is 3.42. The van der Waals surface area contributed by atoms with Gasteiger partial charge in [-0.05, 0) is 49.3 Å². The first-order chi connectivity index (χ1) is 8.97. The molecule has 0 aliphatic carbocycles. The minimum Gasteiger partial charge on any atom is -0.398 e. The molecule has 5 N–H and O–H groups in total. The molecule has 0 bridgehead atoms. The van der Waals surface area contributed by atoms with Crippen LogP contribution in [0.2, 0.25) is 0 Å². The van der Waals surface area contributed by atoms with Crippen molar-refractivity contribution in [1.82, 2.24) is 5.06 Å². The van der Waals surface area contributed by atoms with Crippen molar-refractivity contribution in [1.29, 1.82) is 0 Å². The summed E-state index contributed by atoms with van der Waals surface area (Å²) in [4.78, 5) is 0. The number of hydrogen-bond acceptors (Lipinski definition) is 6. The maximum atomic E-state index is 9.63. The van der Waals surface area contributed by atoms with Crippen LogP contribution in [-0.2, 0) is 0 Å². The molecular weight excluding hydrogens is 242 g/mol. The lowest BCUT2D eigenvalue weighted by atomic mass is 10.1. The summed E-state index contributed by atoms with van der Waals surface area (Å²) in [5.41, 5.74) is 15.1. The van der Waals surface area contributed by atoms with E-state index < -0.39 is 6.17 Å². The first-order valence-corrected chi connectivity index (χ1v) is 5.87. The van der Waals surface area contributed by atoms with Gasteiger partial charge in [-0.1, -0.05) is 0 Å². The Kier molecular flexibility index (Phi) is 3.52. The highest BCUT2D eigenvalue weighted by Gasteiger charge is 2.13. The molecule has 0 spiro atoms. The zero-order chi connectivity index (χ0) is 14.0. The summed E-state index contributed by atoms with van der Waals surface area (Å²) < 4.78 is 0. The number of nitrogen functional groups attached to an aromatic ring is 2. The Morgan fingerprint density at radius 2 is 1.95 bits per heavy atom. The topological polar surface area (TPSA) is 100 Å². The van der Waals surface area contributed by atoms with E-state index in [0.29, 0.717) is 17.1 Å². The van der Waals surface area contributed by atoms with Gasteiger partial charge in [-0.3, -0.25) is 5.21 Å². The predicted molar refractivity (Wildman–Crippen MR) is 74.8 cm³/mol. The van der Waals surface area contributed by atoms with Crippen molar-refractivity contribution < 1.29 is 5.21 Å². The Hall–Kier alpha value is -2.34. The van der Waals surface area contributed by atoms with Crippen LogP contribution in [0.3, 0.4) is 0 Å². The molecule has 1 atom stereocenters. The summed E-state index contributed by atoms with van der Waals surface area (Å²) in [5.74, 6) is 0. The number of nitrogens with zero attached hydrogens (tertiary/aromatic N) is 3. The average Bonchev–Trinajstić information content (AvgIpc) is 2.36. The standard InChI is InChI=1S/C13H17N5O/c1-8-3-4-18(19)13(5-8)17-16-12-6-9(2)10(14)7-11(12)15/h3-7,13,19H,14-15H2,1-2H3. The van der Waals surface area contributed by atoms with Gasteiger partial charge in [0, 0.05) is 11.9 Å². The molecule has 19 heavy (non-hydrogen) atoms. The van der Waals surface area contributed by atoms with Crippen LogP contribution in [0.15, 0.2) is 46.3 Å². The van der Waals surface area contributed by atoms with Gasteiger partial charge in [0.1, 0.15) is 5.69 Å². The fourth-order valence-corrected chi connectivity index (χ4v) is 1.67. The van der Waals surface area contributed by atoms with Gasteiger partial charge in [0.2, 0.25) is 0 Å². The zero-order valence-electron chi connectivity index (χ0n) is 10.9. The molecule has 1 aliphatic rings. The third kappa shape index (κ3) is 2.92. The quantitative estimate of drug-likeness (QED) is 0.561. The molecule has 100 valence electrons. The number of rotatable bonds is 2. The minimum absolute atomic E-state index is 0.461. The van der Waals surface area contributed by atoms with Crippen molar-refractivity contribution >= 4 is 17.1 Å². The monoisotopic (exact) mass is 259 g/mol. The summed E-state index contributed by atoms with van der Waals surface area (Å²) in [6.07, 6.45) is 4.58. The van der Waals surface area contributed by atoms with Gasteiger partial charge in [0.15, 0.2) is 6.17 Å². The zero-order valence-corrected chi connectivity index (χ0v) is 10.9. The van der Waals surface area contributed by atoms with Crippen molar-refractivity contribution in [2.75, 3.05) is 11.5 Å². The lowest BCUT2D eigenvalue weighted by molar-refractivity contribution is -0.0651. The van der Waals surface area contributed by atoms with E-state index in [-0.39, 0.29) is 0 Å². The normalized spacial score (nSPS) is 19.0. The maximum Gasteiger partial charge on any atom is 0.184 e. The number of aryl methyl sites for hydroxylation is 1. The van der Waals surface area contributed by atoms with E-state index in [2.05, 4.69) is 10.2 Å². The summed E-state index contributed by atoms with van der Waals surface area (Å²) in [6.45, 7) is 3.80. The van der Waals surface area contributed by atoms with Crippen molar-refractivity contribution in [3.63, 3.8) is 0 Å². The van der Waals surface area contributed by atoms with E-state index in [1.54, 1.807) is 24.3 Å². The molecule has 1 aromatic rings. The van der Waals surface area contributed by atoms with Crippen molar-refractivity contribution in [3.8, 4) is 0 Å². The Labute approximate surface area is 111 Å². The summed E-state index contributed by atoms with van der Waals surface area (Å²) in [7, 11) is 0. The second kappa shape index (κ2) is 5.11. The average molecular weight is 259 g/mol. The van der Waals surface area contributed by atoms with Gasteiger partial charge in [-0.2, -0.15) is 10.2 Å². The third-order valence-corrected chi connectivity index (χ3v) is 2.87. The molecule has 1 heterocycles. The third-order valence-electron chi connectivity index (χ3n) is 2.87. The van der Waals surface area contributed by atoms with E-state index in [0.717, 1.165) is 16.2 Å². The van der Waals surface area contributed by atoms with Crippen LogP contribution < -0.4 is 11.5 Å². The number of anilines is 2. The van der Waals surface area contributed by atoms with Crippen LogP contribution in [-0.4, -0.2) is 16.4 Å². The highest BCUT2D eigenvalue weighted by atomic mass is 16.5. The molecule has 6 nitrogen and oxygen atoms in total. The Morgan fingerprint density at radius 3 is 2.68 bits per heavy atom. The molecule has 0 saturated carbocycles. The highest BCUT2D eigenvalue weighted by molar-refractivity contribution is 5.70. The van der Waals surface area contributed by atoms with Crippen LogP contribution in [0, 0.1) is 6.92 Å². The van der Waals surface area contributed by atoms with Gasteiger partial charge in [-0.15, -0.1) is 0 Å². The first-order valence-electron chi connectivity index (χ1n) is 5.87. The first kappa shape index (κ1) is 13.1. The molecule has 1 unspecified atom stereocenters. The summed E-state index contributed by atoms with van der Waals surface area (Å²) in [5, 5.41) is 18.8. The number of benzene rings is 1. The highest BCUT2D eigenvalue weighted by Crippen LogP contribution is 2.28. The van der Waals surface area contributed by atoms with Gasteiger partial charge in [0.25, 0.3) is 0 Å². The summed E-state index contributed by atoms with van der Waals surface area (Å²) >= 11 is 0. The number of hydroxylamine groups is 2. The number of azo groups is 1. The van der Waals surface area contributed by atoms with Crippen LogP contribution in [0.1, 0.15) is 12.5 Å².